The van der Waals surface area contributed by atoms with Gasteiger partial charge in [-0.05, 0) is 70.0 Å². The average Bonchev–Trinajstić information content (AvgIpc) is 2.73. The second kappa shape index (κ2) is 10.0. The van der Waals surface area contributed by atoms with Crippen molar-refractivity contribution in [2.45, 2.75) is 77.4 Å². The zero-order valence-corrected chi connectivity index (χ0v) is 19.9. The second-order valence-corrected chi connectivity index (χ2v) is 8.64. The zero-order valence-electron chi connectivity index (χ0n) is 19.9. The van der Waals surface area contributed by atoms with Crippen molar-refractivity contribution < 1.29 is 19.4 Å². The third-order valence-electron chi connectivity index (χ3n) is 7.23. The quantitative estimate of drug-likeness (QED) is 0.656. The summed E-state index contributed by atoms with van der Waals surface area (Å²) < 4.78 is 5.49. The van der Waals surface area contributed by atoms with Gasteiger partial charge in [-0.1, -0.05) is 26.3 Å². The van der Waals surface area contributed by atoms with E-state index < -0.39 is 17.0 Å². The number of rotatable bonds is 8. The smallest absolute Gasteiger partial charge is 0.321 e. The molecule has 0 spiro atoms. The van der Waals surface area contributed by atoms with Crippen molar-refractivity contribution >= 4 is 11.9 Å². The van der Waals surface area contributed by atoms with Crippen LogP contribution in [0.15, 0.2) is 18.2 Å². The van der Waals surface area contributed by atoms with Crippen molar-refractivity contribution in [2.24, 2.45) is 5.73 Å². The van der Waals surface area contributed by atoms with Gasteiger partial charge in [-0.2, -0.15) is 0 Å². The molecule has 1 aromatic rings. The highest BCUT2D eigenvalue weighted by atomic mass is 16.5. The minimum Gasteiger partial charge on any atom is -0.497 e. The van der Waals surface area contributed by atoms with Crippen LogP contribution < -0.4 is 10.5 Å². The Kier molecular flexibility index (Phi) is 8.11. The summed E-state index contributed by atoms with van der Waals surface area (Å²) in [5.74, 6) is 0.322. The van der Waals surface area contributed by atoms with Crippen molar-refractivity contribution in [3.8, 4) is 5.75 Å². The van der Waals surface area contributed by atoms with Gasteiger partial charge in [0.2, 0.25) is 5.91 Å². The first-order chi connectivity index (χ1) is 14.6. The van der Waals surface area contributed by atoms with E-state index in [1.807, 2.05) is 39.0 Å². The Morgan fingerprint density at radius 3 is 2.52 bits per heavy atom. The number of carbonyl (C=O) groups excluding carboxylic acids is 2. The highest BCUT2D eigenvalue weighted by Gasteiger charge is 2.59. The van der Waals surface area contributed by atoms with Crippen molar-refractivity contribution in [2.75, 3.05) is 26.7 Å². The molecule has 1 aromatic carbocycles. The van der Waals surface area contributed by atoms with Gasteiger partial charge in [0.15, 0.2) is 0 Å². The number of methoxy groups -OCH3 is 1. The summed E-state index contributed by atoms with van der Waals surface area (Å²) >= 11 is 0. The first kappa shape index (κ1) is 25.1. The van der Waals surface area contributed by atoms with Crippen LogP contribution in [-0.2, 0) is 10.2 Å². The highest BCUT2D eigenvalue weighted by molar-refractivity contribution is 5.94. The van der Waals surface area contributed by atoms with E-state index in [0.29, 0.717) is 18.6 Å². The number of benzene rings is 1. The van der Waals surface area contributed by atoms with E-state index in [-0.39, 0.29) is 24.9 Å². The van der Waals surface area contributed by atoms with Crippen molar-refractivity contribution in [1.29, 1.82) is 0 Å². The van der Waals surface area contributed by atoms with Crippen LogP contribution >= 0.6 is 0 Å². The van der Waals surface area contributed by atoms with Crippen molar-refractivity contribution in [3.63, 3.8) is 0 Å². The van der Waals surface area contributed by atoms with Crippen LogP contribution in [0.3, 0.4) is 0 Å². The van der Waals surface area contributed by atoms with E-state index in [0.717, 1.165) is 35.5 Å². The molecule has 1 aliphatic rings. The molecule has 1 fully saturated rings. The Labute approximate surface area is 186 Å². The lowest BCUT2D eigenvalue weighted by molar-refractivity contribution is -0.154. The summed E-state index contributed by atoms with van der Waals surface area (Å²) in [7, 11) is 1.61. The fourth-order valence-corrected chi connectivity index (χ4v) is 5.46. The van der Waals surface area contributed by atoms with Gasteiger partial charge < -0.3 is 15.6 Å². The van der Waals surface area contributed by atoms with Gasteiger partial charge in [-0.3, -0.25) is 14.6 Å². The van der Waals surface area contributed by atoms with Gasteiger partial charge >= 0.3 is 6.03 Å². The Hall–Kier alpha value is -2.12. The van der Waals surface area contributed by atoms with E-state index >= 15 is 0 Å². The SMILES string of the molecule is CCCC1(O)C(C)N(CC)CCC1(CC(=O)N(CC)C(N)=O)c1cc(OC)ccc1C. The number of aliphatic hydroxyl groups is 1. The highest BCUT2D eigenvalue weighted by Crippen LogP contribution is 2.52. The Morgan fingerprint density at radius 2 is 2.00 bits per heavy atom. The Balaban J connectivity index is 2.75. The van der Waals surface area contributed by atoms with Crippen molar-refractivity contribution in [1.82, 2.24) is 9.80 Å². The summed E-state index contributed by atoms with van der Waals surface area (Å²) in [6.45, 7) is 11.7. The molecule has 1 aliphatic heterocycles. The van der Waals surface area contributed by atoms with Gasteiger partial charge in [0.05, 0.1) is 12.7 Å². The summed E-state index contributed by atoms with van der Waals surface area (Å²) in [5.41, 5.74) is 5.34. The molecule has 0 bridgehead atoms. The maximum absolute atomic E-state index is 13.3. The van der Waals surface area contributed by atoms with Crippen LogP contribution in [0.1, 0.15) is 64.5 Å². The zero-order chi connectivity index (χ0) is 23.4. The molecule has 0 aromatic heterocycles. The molecule has 1 heterocycles. The number of amides is 3. The minimum absolute atomic E-state index is 0.0101. The van der Waals surface area contributed by atoms with Gasteiger partial charge in [-0.25, -0.2) is 4.79 Å². The van der Waals surface area contributed by atoms with Crippen LogP contribution in [0.2, 0.25) is 0 Å². The third-order valence-corrected chi connectivity index (χ3v) is 7.23. The maximum atomic E-state index is 13.3. The fourth-order valence-electron chi connectivity index (χ4n) is 5.46. The first-order valence-electron chi connectivity index (χ1n) is 11.3. The van der Waals surface area contributed by atoms with Gasteiger partial charge in [0.25, 0.3) is 0 Å². The Bertz CT molecular complexity index is 799. The van der Waals surface area contributed by atoms with E-state index in [1.54, 1.807) is 14.0 Å². The summed E-state index contributed by atoms with van der Waals surface area (Å²) in [6, 6.07) is 4.88. The lowest BCUT2D eigenvalue weighted by Crippen LogP contribution is -2.68. The van der Waals surface area contributed by atoms with Gasteiger partial charge in [-0.15, -0.1) is 0 Å². The number of hydrogen-bond donors (Lipinski definition) is 2. The Morgan fingerprint density at radius 1 is 1.32 bits per heavy atom. The van der Waals surface area contributed by atoms with Crippen LogP contribution in [0.4, 0.5) is 4.79 Å². The number of hydrogen-bond acceptors (Lipinski definition) is 5. The molecule has 31 heavy (non-hydrogen) atoms. The number of carbonyl (C=O) groups is 2. The number of imide groups is 1. The van der Waals surface area contributed by atoms with E-state index in [4.69, 9.17) is 10.5 Å². The van der Waals surface area contributed by atoms with Gasteiger partial charge in [0.1, 0.15) is 5.75 Å². The molecular formula is C24H39N3O4. The molecular weight excluding hydrogens is 394 g/mol. The standard InChI is InChI=1S/C24H39N3O4/c1-7-12-24(30)18(5)26(8-2)14-13-23(24,16-21(28)27(9-3)22(25)29)20-15-19(31-6)11-10-17(20)4/h10-11,15,18,30H,7-9,12-14,16H2,1-6H3,(H2,25,29). The average molecular weight is 434 g/mol. The van der Waals surface area contributed by atoms with Crippen LogP contribution in [0, 0.1) is 6.92 Å². The number of nitrogens with zero attached hydrogens (tertiary/aromatic N) is 2. The molecule has 174 valence electrons. The number of likely N-dealkylation sites (N-methyl/N-ethyl adjacent to an activating group) is 1. The fraction of sp³-hybridized carbons (Fsp3) is 0.667. The molecule has 3 atom stereocenters. The maximum Gasteiger partial charge on any atom is 0.321 e. The lowest BCUT2D eigenvalue weighted by Gasteiger charge is -2.58. The number of likely N-dealkylation sites (tertiary alicyclic amines) is 1. The summed E-state index contributed by atoms with van der Waals surface area (Å²) in [4.78, 5) is 28.6. The number of primary amides is 1. The van der Waals surface area contributed by atoms with E-state index in [2.05, 4.69) is 11.8 Å². The van der Waals surface area contributed by atoms with Gasteiger partial charge in [0, 0.05) is 24.4 Å². The van der Waals surface area contributed by atoms with Crippen molar-refractivity contribution in [3.05, 3.63) is 29.3 Å². The monoisotopic (exact) mass is 433 g/mol. The van der Waals surface area contributed by atoms with E-state index in [9.17, 15) is 14.7 Å². The van der Waals surface area contributed by atoms with E-state index in [1.165, 1.54) is 0 Å². The normalized spacial score (nSPS) is 26.5. The van der Waals surface area contributed by atoms with Crippen LogP contribution in [0.25, 0.3) is 0 Å². The number of ether oxygens (including phenoxy) is 1. The predicted molar refractivity (Wildman–Crippen MR) is 122 cm³/mol. The molecule has 0 saturated carbocycles. The number of piperidine rings is 1. The molecule has 7 heteroatoms. The summed E-state index contributed by atoms with van der Waals surface area (Å²) in [6.07, 6.45) is 1.91. The third kappa shape index (κ3) is 4.44. The molecule has 3 unspecified atom stereocenters. The minimum atomic E-state index is -1.17. The molecule has 3 N–H and O–H groups in total. The van der Waals surface area contributed by atoms with Crippen LogP contribution in [-0.4, -0.2) is 65.2 Å². The predicted octanol–water partition coefficient (Wildman–Crippen LogP) is 3.20. The molecule has 3 amide bonds. The largest absolute Gasteiger partial charge is 0.497 e. The lowest BCUT2D eigenvalue weighted by atomic mass is 9.56. The second-order valence-electron chi connectivity index (χ2n) is 8.64. The molecule has 0 radical (unpaired) electrons. The number of urea groups is 1. The molecule has 0 aliphatic carbocycles. The summed E-state index contributed by atoms with van der Waals surface area (Å²) in [5, 5.41) is 12.4. The number of nitrogens with two attached hydrogens (primary N) is 1. The molecule has 7 nitrogen and oxygen atoms in total. The topological polar surface area (TPSA) is 96.1 Å². The molecule has 2 rings (SSSR count). The first-order valence-corrected chi connectivity index (χ1v) is 11.3. The van der Waals surface area contributed by atoms with Crippen LogP contribution in [0.5, 0.6) is 5.75 Å². The number of aryl methyl sites for hydroxylation is 1. The molecule has 1 saturated heterocycles.